The molecule has 1 aromatic heterocycles. The molecule has 0 bridgehead atoms. The van der Waals surface area contributed by atoms with Crippen molar-refractivity contribution >= 4 is 33.1 Å². The Balaban J connectivity index is 1.49. The van der Waals surface area contributed by atoms with E-state index in [9.17, 15) is 4.79 Å². The number of amides is 1. The maximum atomic E-state index is 12.3. The lowest BCUT2D eigenvalue weighted by atomic mass is 10.1. The van der Waals surface area contributed by atoms with Gasteiger partial charge < -0.3 is 10.1 Å². The Morgan fingerprint density at radius 1 is 1.00 bits per heavy atom. The number of anilines is 1. The van der Waals surface area contributed by atoms with Gasteiger partial charge in [0.1, 0.15) is 10.8 Å². The van der Waals surface area contributed by atoms with Crippen molar-refractivity contribution in [3.8, 4) is 16.3 Å². The van der Waals surface area contributed by atoms with Crippen molar-refractivity contribution in [2.75, 3.05) is 11.9 Å². The molecule has 0 atom stereocenters. The normalized spacial score (nSPS) is 10.8. The summed E-state index contributed by atoms with van der Waals surface area (Å²) in [6, 6.07) is 21.6. The highest BCUT2D eigenvalue weighted by atomic mass is 32.1. The van der Waals surface area contributed by atoms with Crippen LogP contribution in [-0.4, -0.2) is 17.5 Å². The van der Waals surface area contributed by atoms with Gasteiger partial charge in [0.05, 0.1) is 15.8 Å². The third-order valence-corrected chi connectivity index (χ3v) is 5.63. The molecule has 0 saturated heterocycles. The molecule has 4 rings (SSSR count). The van der Waals surface area contributed by atoms with Crippen LogP contribution in [-0.2, 0) is 4.79 Å². The molecule has 3 aromatic carbocycles. The standard InChI is InChI=1S/C23H20N2O2S/c1-15-11-12-17(13-16(15)2)24-22(26)14-27-20-9-5-3-7-18(20)23-25-19-8-4-6-10-21(19)28-23/h3-13H,14H2,1-2H3,(H,24,26). The van der Waals surface area contributed by atoms with E-state index in [-0.39, 0.29) is 12.5 Å². The molecule has 1 heterocycles. The number of carbonyl (C=O) groups excluding carboxylic acids is 1. The number of ether oxygens (including phenoxy) is 1. The number of benzene rings is 3. The topological polar surface area (TPSA) is 51.2 Å². The number of nitrogens with zero attached hydrogens (tertiary/aromatic N) is 1. The molecule has 1 N–H and O–H groups in total. The number of carbonyl (C=O) groups is 1. The molecule has 1 amide bonds. The third kappa shape index (κ3) is 3.89. The lowest BCUT2D eigenvalue weighted by molar-refractivity contribution is -0.118. The molecule has 0 saturated carbocycles. The Morgan fingerprint density at radius 3 is 2.61 bits per heavy atom. The predicted molar refractivity (Wildman–Crippen MR) is 115 cm³/mol. The first-order valence-electron chi connectivity index (χ1n) is 9.05. The van der Waals surface area contributed by atoms with E-state index in [2.05, 4.69) is 11.4 Å². The van der Waals surface area contributed by atoms with Crippen LogP contribution in [0.1, 0.15) is 11.1 Å². The quantitative estimate of drug-likeness (QED) is 0.484. The molecule has 0 aliphatic heterocycles. The van der Waals surface area contributed by atoms with Crippen LogP contribution in [0.4, 0.5) is 5.69 Å². The maximum Gasteiger partial charge on any atom is 0.262 e. The SMILES string of the molecule is Cc1ccc(NC(=O)COc2ccccc2-c2nc3ccccc3s2)cc1C. The van der Waals surface area contributed by atoms with E-state index in [0.717, 1.165) is 32.0 Å². The summed E-state index contributed by atoms with van der Waals surface area (Å²) in [4.78, 5) is 17.0. The second-order valence-electron chi connectivity index (χ2n) is 6.62. The molecular weight excluding hydrogens is 368 g/mol. The van der Waals surface area contributed by atoms with Crippen LogP contribution < -0.4 is 10.1 Å². The smallest absolute Gasteiger partial charge is 0.262 e. The summed E-state index contributed by atoms with van der Waals surface area (Å²) in [7, 11) is 0. The summed E-state index contributed by atoms with van der Waals surface area (Å²) < 4.78 is 6.95. The number of fused-ring (bicyclic) bond motifs is 1. The number of hydrogen-bond donors (Lipinski definition) is 1. The summed E-state index contributed by atoms with van der Waals surface area (Å²) in [6.07, 6.45) is 0. The third-order valence-electron chi connectivity index (χ3n) is 4.56. The van der Waals surface area contributed by atoms with E-state index in [0.29, 0.717) is 5.75 Å². The fourth-order valence-electron chi connectivity index (χ4n) is 2.92. The van der Waals surface area contributed by atoms with Crippen LogP contribution in [0.5, 0.6) is 5.75 Å². The van der Waals surface area contributed by atoms with Crippen molar-refractivity contribution in [1.29, 1.82) is 0 Å². The van der Waals surface area contributed by atoms with Gasteiger partial charge in [0.2, 0.25) is 0 Å². The van der Waals surface area contributed by atoms with E-state index in [1.807, 2.05) is 74.5 Å². The van der Waals surface area contributed by atoms with Gasteiger partial charge in [-0.1, -0.05) is 30.3 Å². The number of nitrogens with one attached hydrogen (secondary N) is 1. The van der Waals surface area contributed by atoms with E-state index >= 15 is 0 Å². The summed E-state index contributed by atoms with van der Waals surface area (Å²) in [5, 5.41) is 3.76. The predicted octanol–water partition coefficient (Wildman–Crippen LogP) is 5.60. The number of aryl methyl sites for hydroxylation is 2. The molecule has 0 spiro atoms. The van der Waals surface area contributed by atoms with Gasteiger partial charge in [-0.2, -0.15) is 0 Å². The Kier molecular flexibility index (Phi) is 5.08. The van der Waals surface area contributed by atoms with Gasteiger partial charge in [-0.05, 0) is 61.4 Å². The second-order valence-corrected chi connectivity index (χ2v) is 7.65. The number of para-hydroxylation sites is 2. The van der Waals surface area contributed by atoms with Gasteiger partial charge in [-0.3, -0.25) is 4.79 Å². The fraction of sp³-hybridized carbons (Fsp3) is 0.130. The van der Waals surface area contributed by atoms with E-state index in [1.54, 1.807) is 11.3 Å². The second kappa shape index (κ2) is 7.82. The largest absolute Gasteiger partial charge is 0.483 e. The molecule has 28 heavy (non-hydrogen) atoms. The zero-order valence-electron chi connectivity index (χ0n) is 15.7. The molecule has 0 aliphatic rings. The van der Waals surface area contributed by atoms with E-state index in [1.165, 1.54) is 5.56 Å². The van der Waals surface area contributed by atoms with Crippen LogP contribution in [0.3, 0.4) is 0 Å². The van der Waals surface area contributed by atoms with Crippen molar-refractivity contribution in [3.63, 3.8) is 0 Å². The van der Waals surface area contributed by atoms with Gasteiger partial charge in [0, 0.05) is 5.69 Å². The minimum absolute atomic E-state index is 0.0607. The lowest BCUT2D eigenvalue weighted by Gasteiger charge is -2.11. The van der Waals surface area contributed by atoms with Gasteiger partial charge >= 0.3 is 0 Å². The maximum absolute atomic E-state index is 12.3. The molecule has 0 unspecified atom stereocenters. The zero-order valence-corrected chi connectivity index (χ0v) is 16.5. The van der Waals surface area contributed by atoms with E-state index in [4.69, 9.17) is 9.72 Å². The van der Waals surface area contributed by atoms with Crippen LogP contribution >= 0.6 is 11.3 Å². The Labute approximate surface area is 167 Å². The highest BCUT2D eigenvalue weighted by Gasteiger charge is 2.12. The molecule has 0 radical (unpaired) electrons. The number of hydrogen-bond acceptors (Lipinski definition) is 4. The molecule has 0 fully saturated rings. The first-order chi connectivity index (χ1) is 13.6. The summed E-state index contributed by atoms with van der Waals surface area (Å²) >= 11 is 1.61. The van der Waals surface area contributed by atoms with Gasteiger partial charge in [0.15, 0.2) is 6.61 Å². The average Bonchev–Trinajstić information content (AvgIpc) is 3.13. The van der Waals surface area contributed by atoms with Gasteiger partial charge in [0.25, 0.3) is 5.91 Å². The van der Waals surface area contributed by atoms with Crippen molar-refractivity contribution in [1.82, 2.24) is 4.98 Å². The summed E-state index contributed by atoms with van der Waals surface area (Å²) in [6.45, 7) is 4.01. The molecule has 0 aliphatic carbocycles. The summed E-state index contributed by atoms with van der Waals surface area (Å²) in [5.74, 6) is 0.458. The van der Waals surface area contributed by atoms with Crippen LogP contribution in [0.25, 0.3) is 20.8 Å². The zero-order chi connectivity index (χ0) is 19.5. The Hall–Kier alpha value is -3.18. The lowest BCUT2D eigenvalue weighted by Crippen LogP contribution is -2.20. The van der Waals surface area contributed by atoms with Crippen LogP contribution in [0.2, 0.25) is 0 Å². The highest BCUT2D eigenvalue weighted by molar-refractivity contribution is 7.21. The van der Waals surface area contributed by atoms with Crippen molar-refractivity contribution < 1.29 is 9.53 Å². The van der Waals surface area contributed by atoms with Crippen LogP contribution in [0, 0.1) is 13.8 Å². The molecule has 4 aromatic rings. The fourth-order valence-corrected chi connectivity index (χ4v) is 3.91. The minimum Gasteiger partial charge on any atom is -0.483 e. The number of thiazole rings is 1. The number of rotatable bonds is 5. The van der Waals surface area contributed by atoms with E-state index < -0.39 is 0 Å². The average molecular weight is 388 g/mol. The summed E-state index contributed by atoms with van der Waals surface area (Å²) in [5.41, 5.74) is 4.96. The highest BCUT2D eigenvalue weighted by Crippen LogP contribution is 2.35. The van der Waals surface area contributed by atoms with Crippen molar-refractivity contribution in [2.45, 2.75) is 13.8 Å². The first kappa shape index (κ1) is 18.2. The Bertz CT molecular complexity index is 1120. The minimum atomic E-state index is -0.192. The van der Waals surface area contributed by atoms with Crippen LogP contribution in [0.15, 0.2) is 66.7 Å². The molecule has 5 heteroatoms. The Morgan fingerprint density at radius 2 is 1.79 bits per heavy atom. The molecule has 4 nitrogen and oxygen atoms in total. The van der Waals surface area contributed by atoms with Crippen molar-refractivity contribution in [2.24, 2.45) is 0 Å². The monoisotopic (exact) mass is 388 g/mol. The molecule has 140 valence electrons. The first-order valence-corrected chi connectivity index (χ1v) is 9.87. The number of aromatic nitrogens is 1. The molecular formula is C23H20N2O2S. The van der Waals surface area contributed by atoms with Gasteiger partial charge in [-0.15, -0.1) is 11.3 Å². The van der Waals surface area contributed by atoms with Crippen molar-refractivity contribution in [3.05, 3.63) is 77.9 Å². The van der Waals surface area contributed by atoms with Gasteiger partial charge in [-0.25, -0.2) is 4.98 Å².